The van der Waals surface area contributed by atoms with E-state index in [4.69, 9.17) is 0 Å². The molecule has 0 bridgehead atoms. The Kier molecular flexibility index (Phi) is 4.13. The summed E-state index contributed by atoms with van der Waals surface area (Å²) < 4.78 is 0. The molecule has 1 fully saturated rings. The monoisotopic (exact) mass is 272 g/mol. The summed E-state index contributed by atoms with van der Waals surface area (Å²) in [5, 5.41) is 3.96. The second-order valence-electron chi connectivity index (χ2n) is 6.88. The number of piperidine rings is 1. The van der Waals surface area contributed by atoms with E-state index in [0.717, 1.165) is 5.92 Å². The molecule has 4 unspecified atom stereocenters. The van der Waals surface area contributed by atoms with E-state index >= 15 is 0 Å². The quantitative estimate of drug-likeness (QED) is 0.883. The van der Waals surface area contributed by atoms with Gasteiger partial charge in [-0.3, -0.25) is 0 Å². The molecule has 1 aromatic rings. The van der Waals surface area contributed by atoms with E-state index < -0.39 is 0 Å². The first-order valence-electron chi connectivity index (χ1n) is 8.20. The van der Waals surface area contributed by atoms with Crippen molar-refractivity contribution in [3.8, 4) is 0 Å². The summed E-state index contributed by atoms with van der Waals surface area (Å²) in [5.41, 5.74) is 3.12. The van der Waals surface area contributed by atoms with Gasteiger partial charge < -0.3 is 10.2 Å². The smallest absolute Gasteiger partial charge is 0.0325 e. The molecule has 0 saturated carbocycles. The minimum Gasteiger partial charge on any atom is -0.307 e. The van der Waals surface area contributed by atoms with Gasteiger partial charge in [0.1, 0.15) is 0 Å². The third-order valence-corrected chi connectivity index (χ3v) is 5.44. The zero-order chi connectivity index (χ0) is 14.1. The number of nitrogens with one attached hydrogen (secondary N) is 1. The fourth-order valence-corrected chi connectivity index (χ4v) is 3.90. The highest BCUT2D eigenvalue weighted by Gasteiger charge is 2.29. The van der Waals surface area contributed by atoms with Gasteiger partial charge in [-0.05, 0) is 63.2 Å². The molecule has 1 heterocycles. The first-order valence-corrected chi connectivity index (χ1v) is 8.20. The number of benzene rings is 1. The number of hydrogen-bond acceptors (Lipinski definition) is 2. The predicted octanol–water partition coefficient (Wildman–Crippen LogP) is 3.70. The zero-order valence-electron chi connectivity index (χ0n) is 13.1. The van der Waals surface area contributed by atoms with Gasteiger partial charge in [0, 0.05) is 18.1 Å². The zero-order valence-corrected chi connectivity index (χ0v) is 13.1. The molecule has 1 aromatic carbocycles. The molecule has 1 N–H and O–H groups in total. The minimum absolute atomic E-state index is 0.572. The van der Waals surface area contributed by atoms with Gasteiger partial charge in [-0.25, -0.2) is 0 Å². The molecule has 2 heteroatoms. The highest BCUT2D eigenvalue weighted by molar-refractivity contribution is 5.35. The molecule has 4 atom stereocenters. The van der Waals surface area contributed by atoms with Crippen LogP contribution < -0.4 is 5.32 Å². The van der Waals surface area contributed by atoms with Gasteiger partial charge in [0.05, 0.1) is 0 Å². The summed E-state index contributed by atoms with van der Waals surface area (Å²) in [6, 6.07) is 11.0. The Labute approximate surface area is 123 Å². The Bertz CT molecular complexity index is 456. The van der Waals surface area contributed by atoms with Crippen LogP contribution in [0.3, 0.4) is 0 Å². The lowest BCUT2D eigenvalue weighted by atomic mass is 9.80. The fraction of sp³-hybridized carbons (Fsp3) is 0.667. The second-order valence-corrected chi connectivity index (χ2v) is 6.88. The van der Waals surface area contributed by atoms with Gasteiger partial charge in [-0.2, -0.15) is 0 Å². The number of fused-ring (bicyclic) bond motifs is 1. The Morgan fingerprint density at radius 3 is 2.55 bits per heavy atom. The van der Waals surface area contributed by atoms with Gasteiger partial charge in [0.2, 0.25) is 0 Å². The topological polar surface area (TPSA) is 15.3 Å². The molecule has 0 aromatic heterocycles. The van der Waals surface area contributed by atoms with Gasteiger partial charge in [-0.1, -0.05) is 31.2 Å². The van der Waals surface area contributed by atoms with E-state index in [1.807, 2.05) is 0 Å². The van der Waals surface area contributed by atoms with Crippen LogP contribution in [0.4, 0.5) is 0 Å². The van der Waals surface area contributed by atoms with E-state index in [9.17, 15) is 0 Å². The van der Waals surface area contributed by atoms with E-state index in [0.29, 0.717) is 18.1 Å². The summed E-state index contributed by atoms with van der Waals surface area (Å²) in [7, 11) is 2.25. The van der Waals surface area contributed by atoms with E-state index in [2.05, 4.69) is 55.4 Å². The Morgan fingerprint density at radius 2 is 1.80 bits per heavy atom. The van der Waals surface area contributed by atoms with Crippen molar-refractivity contribution < 1.29 is 0 Å². The number of hydrogen-bond donors (Lipinski definition) is 1. The lowest BCUT2D eigenvalue weighted by Crippen LogP contribution is -2.47. The van der Waals surface area contributed by atoms with E-state index in [1.54, 1.807) is 11.1 Å². The normalized spacial score (nSPS) is 34.8. The van der Waals surface area contributed by atoms with Crippen LogP contribution in [0.25, 0.3) is 0 Å². The maximum atomic E-state index is 3.96. The maximum absolute atomic E-state index is 3.96. The van der Waals surface area contributed by atoms with Gasteiger partial charge in [0.25, 0.3) is 0 Å². The van der Waals surface area contributed by atoms with Crippen molar-refractivity contribution in [2.24, 2.45) is 0 Å². The van der Waals surface area contributed by atoms with Crippen LogP contribution in [0, 0.1) is 0 Å². The molecule has 1 saturated heterocycles. The van der Waals surface area contributed by atoms with Crippen molar-refractivity contribution in [1.29, 1.82) is 0 Å². The van der Waals surface area contributed by atoms with Crippen LogP contribution in [0.1, 0.15) is 62.6 Å². The molecule has 2 aliphatic rings. The van der Waals surface area contributed by atoms with Crippen molar-refractivity contribution >= 4 is 0 Å². The molecule has 2 nitrogen and oxygen atoms in total. The van der Waals surface area contributed by atoms with E-state index in [1.165, 1.54) is 32.2 Å². The molecular formula is C18H28N2. The largest absolute Gasteiger partial charge is 0.307 e. The van der Waals surface area contributed by atoms with Gasteiger partial charge >= 0.3 is 0 Å². The number of likely N-dealkylation sites (tertiary alicyclic amines) is 1. The number of rotatable bonds is 2. The number of nitrogens with zero attached hydrogens (tertiary/aromatic N) is 1. The Morgan fingerprint density at radius 1 is 1.05 bits per heavy atom. The average molecular weight is 272 g/mol. The molecule has 0 spiro atoms. The lowest BCUT2D eigenvalue weighted by Gasteiger charge is -2.39. The van der Waals surface area contributed by atoms with Crippen molar-refractivity contribution in [2.45, 2.75) is 63.6 Å². The molecule has 1 aliphatic heterocycles. The van der Waals surface area contributed by atoms with Crippen LogP contribution in [-0.2, 0) is 0 Å². The van der Waals surface area contributed by atoms with Crippen LogP contribution in [0.2, 0.25) is 0 Å². The lowest BCUT2D eigenvalue weighted by molar-refractivity contribution is 0.159. The summed E-state index contributed by atoms with van der Waals surface area (Å²) in [6.07, 6.45) is 5.18. The highest BCUT2D eigenvalue weighted by Crippen LogP contribution is 2.37. The van der Waals surface area contributed by atoms with E-state index in [-0.39, 0.29) is 0 Å². The van der Waals surface area contributed by atoms with Crippen molar-refractivity contribution in [2.75, 3.05) is 13.6 Å². The summed E-state index contributed by atoms with van der Waals surface area (Å²) in [4.78, 5) is 2.48. The fourth-order valence-electron chi connectivity index (χ4n) is 3.90. The van der Waals surface area contributed by atoms with Crippen LogP contribution in [0.15, 0.2) is 24.3 Å². The van der Waals surface area contributed by atoms with Crippen LogP contribution in [0.5, 0.6) is 0 Å². The third-order valence-electron chi connectivity index (χ3n) is 5.44. The van der Waals surface area contributed by atoms with Crippen LogP contribution >= 0.6 is 0 Å². The molecule has 1 aliphatic carbocycles. The summed E-state index contributed by atoms with van der Waals surface area (Å²) in [6.45, 7) is 5.95. The van der Waals surface area contributed by atoms with Crippen molar-refractivity contribution in [3.63, 3.8) is 0 Å². The summed E-state index contributed by atoms with van der Waals surface area (Å²) in [5.74, 6) is 0.723. The average Bonchev–Trinajstić information content (AvgIpc) is 2.46. The predicted molar refractivity (Wildman–Crippen MR) is 85.1 cm³/mol. The molecule has 0 amide bonds. The Hall–Kier alpha value is -0.860. The summed E-state index contributed by atoms with van der Waals surface area (Å²) >= 11 is 0. The first-order chi connectivity index (χ1) is 9.65. The standard InChI is InChI=1S/C18H28N2/c1-13-8-9-18(17-7-5-4-6-16(13)17)19-15-10-11-20(3)14(2)12-15/h4-7,13-15,18-19H,8-12H2,1-3H3. The highest BCUT2D eigenvalue weighted by atomic mass is 15.1. The van der Waals surface area contributed by atoms with Gasteiger partial charge in [0.15, 0.2) is 0 Å². The molecule has 0 radical (unpaired) electrons. The van der Waals surface area contributed by atoms with Crippen molar-refractivity contribution in [3.05, 3.63) is 35.4 Å². The molecule has 110 valence electrons. The SMILES string of the molecule is CC1CCC(NC2CCN(C)C(C)C2)c2ccccc21. The Balaban J connectivity index is 1.71. The van der Waals surface area contributed by atoms with Gasteiger partial charge in [-0.15, -0.1) is 0 Å². The third kappa shape index (κ3) is 2.77. The molecule has 3 rings (SSSR count). The molecule has 20 heavy (non-hydrogen) atoms. The van der Waals surface area contributed by atoms with Crippen molar-refractivity contribution in [1.82, 2.24) is 10.2 Å². The molecular weight excluding hydrogens is 244 g/mol. The minimum atomic E-state index is 0.572. The second kappa shape index (κ2) is 5.87. The van der Waals surface area contributed by atoms with Crippen LogP contribution in [-0.4, -0.2) is 30.6 Å². The first kappa shape index (κ1) is 14.1. The maximum Gasteiger partial charge on any atom is 0.0325 e.